The molecule has 2 aliphatic carbocycles. The summed E-state index contributed by atoms with van der Waals surface area (Å²) in [5.41, 5.74) is 5.63. The number of benzene rings is 3. The third kappa shape index (κ3) is 2.90. The zero-order chi connectivity index (χ0) is 19.7. The minimum Gasteiger partial charge on any atom is -0.0839 e. The third-order valence-electron chi connectivity index (χ3n) is 7.06. The molecule has 0 radical (unpaired) electrons. The Kier molecular flexibility index (Phi) is 4.72. The van der Waals surface area contributed by atoms with Crippen molar-refractivity contribution >= 4 is 0 Å². The van der Waals surface area contributed by atoms with E-state index in [1.807, 2.05) is 0 Å². The first-order valence-corrected chi connectivity index (χ1v) is 10.8. The summed E-state index contributed by atoms with van der Waals surface area (Å²) in [5.74, 6) is 1.74. The quantitative estimate of drug-likeness (QED) is 0.423. The molecule has 1 fully saturated rings. The van der Waals surface area contributed by atoms with Crippen molar-refractivity contribution < 1.29 is 0 Å². The van der Waals surface area contributed by atoms with E-state index in [1.165, 1.54) is 29.5 Å². The van der Waals surface area contributed by atoms with E-state index in [4.69, 9.17) is 0 Å². The van der Waals surface area contributed by atoms with Crippen LogP contribution >= 0.6 is 0 Å². The van der Waals surface area contributed by atoms with E-state index >= 15 is 0 Å². The standard InChI is InChI=1S/C29H28/c1-22-21-23-13-11-12-20-27(23)28(22)29(24-14-5-2-6-15-24,25-16-7-3-8-17-25)26-18-9-4-10-19-26/h2-12,14-20,22-23,28H,13,21H2,1H3. The topological polar surface area (TPSA) is 0 Å². The van der Waals surface area contributed by atoms with Gasteiger partial charge in [-0.1, -0.05) is 122 Å². The van der Waals surface area contributed by atoms with Gasteiger partial charge in [0.15, 0.2) is 0 Å². The maximum absolute atomic E-state index is 2.47. The highest BCUT2D eigenvalue weighted by Gasteiger charge is 2.51. The fraction of sp³-hybridized carbons (Fsp3) is 0.241. The molecule has 0 nitrogen and oxygen atoms in total. The molecule has 3 unspecified atom stereocenters. The van der Waals surface area contributed by atoms with Crippen LogP contribution in [0.2, 0.25) is 0 Å². The maximum atomic E-state index is 2.47. The highest BCUT2D eigenvalue weighted by Crippen LogP contribution is 2.58. The Balaban J connectivity index is 1.86. The first-order chi connectivity index (χ1) is 14.3. The maximum Gasteiger partial charge on any atom is 0.0519 e. The van der Waals surface area contributed by atoms with Gasteiger partial charge >= 0.3 is 0 Å². The third-order valence-corrected chi connectivity index (χ3v) is 7.06. The number of allylic oxidation sites excluding steroid dienone is 4. The molecule has 0 spiro atoms. The van der Waals surface area contributed by atoms with Gasteiger partial charge in [-0.2, -0.15) is 0 Å². The molecule has 0 saturated heterocycles. The van der Waals surface area contributed by atoms with Gasteiger partial charge in [0, 0.05) is 5.92 Å². The Bertz CT molecular complexity index is 915. The fourth-order valence-corrected chi connectivity index (χ4v) is 6.02. The predicted molar refractivity (Wildman–Crippen MR) is 122 cm³/mol. The molecule has 144 valence electrons. The molecule has 3 aromatic rings. The SMILES string of the molecule is CC1CC2CC=CC=C2C1C(c1ccccc1)(c1ccccc1)c1ccccc1. The van der Waals surface area contributed by atoms with Crippen molar-refractivity contribution in [3.63, 3.8) is 0 Å². The Hall–Kier alpha value is -2.86. The number of fused-ring (bicyclic) bond motifs is 1. The van der Waals surface area contributed by atoms with Crippen LogP contribution < -0.4 is 0 Å². The van der Waals surface area contributed by atoms with E-state index in [2.05, 4.69) is 116 Å². The molecule has 29 heavy (non-hydrogen) atoms. The van der Waals surface area contributed by atoms with Crippen LogP contribution in [-0.2, 0) is 5.41 Å². The van der Waals surface area contributed by atoms with Crippen LogP contribution in [0.5, 0.6) is 0 Å². The van der Waals surface area contributed by atoms with Gasteiger partial charge in [0.05, 0.1) is 5.41 Å². The van der Waals surface area contributed by atoms with Crippen molar-refractivity contribution in [3.8, 4) is 0 Å². The molecule has 0 aliphatic heterocycles. The normalized spacial score (nSPS) is 23.5. The van der Waals surface area contributed by atoms with Gasteiger partial charge in [0.1, 0.15) is 0 Å². The summed E-state index contributed by atoms with van der Waals surface area (Å²) in [6.07, 6.45) is 9.50. The molecule has 0 amide bonds. The second-order valence-electron chi connectivity index (χ2n) is 8.62. The van der Waals surface area contributed by atoms with Gasteiger partial charge in [-0.15, -0.1) is 0 Å². The lowest BCUT2D eigenvalue weighted by Gasteiger charge is -2.44. The van der Waals surface area contributed by atoms with Crippen LogP contribution in [-0.4, -0.2) is 0 Å². The van der Waals surface area contributed by atoms with E-state index in [1.54, 1.807) is 5.57 Å². The Labute approximate surface area is 174 Å². The monoisotopic (exact) mass is 376 g/mol. The van der Waals surface area contributed by atoms with Crippen molar-refractivity contribution in [2.75, 3.05) is 0 Å². The molecule has 1 saturated carbocycles. The number of hydrogen-bond donors (Lipinski definition) is 0. The van der Waals surface area contributed by atoms with Gasteiger partial charge in [-0.3, -0.25) is 0 Å². The molecule has 0 heteroatoms. The minimum atomic E-state index is -0.186. The summed E-state index contributed by atoms with van der Waals surface area (Å²) in [4.78, 5) is 0. The van der Waals surface area contributed by atoms with Gasteiger partial charge in [-0.25, -0.2) is 0 Å². The lowest BCUT2D eigenvalue weighted by Crippen LogP contribution is -2.40. The van der Waals surface area contributed by atoms with E-state index in [0.717, 1.165) is 0 Å². The molecule has 0 bridgehead atoms. The molecule has 0 aromatic heterocycles. The van der Waals surface area contributed by atoms with Crippen LogP contribution in [0.25, 0.3) is 0 Å². The number of hydrogen-bond acceptors (Lipinski definition) is 0. The molecule has 2 aliphatic rings. The van der Waals surface area contributed by atoms with E-state index in [0.29, 0.717) is 17.8 Å². The molecule has 3 atom stereocenters. The summed E-state index contributed by atoms with van der Waals surface area (Å²) < 4.78 is 0. The Morgan fingerprint density at radius 1 is 0.690 bits per heavy atom. The average molecular weight is 377 g/mol. The predicted octanol–water partition coefficient (Wildman–Crippen LogP) is 7.18. The number of rotatable bonds is 4. The van der Waals surface area contributed by atoms with Gasteiger partial charge in [-0.05, 0) is 41.4 Å². The van der Waals surface area contributed by atoms with Crippen molar-refractivity contribution in [2.24, 2.45) is 17.8 Å². The van der Waals surface area contributed by atoms with Gasteiger partial charge in [0.2, 0.25) is 0 Å². The Morgan fingerprint density at radius 3 is 1.66 bits per heavy atom. The van der Waals surface area contributed by atoms with Crippen LogP contribution in [0.4, 0.5) is 0 Å². The van der Waals surface area contributed by atoms with Crippen molar-refractivity contribution in [2.45, 2.75) is 25.2 Å². The van der Waals surface area contributed by atoms with Crippen LogP contribution in [0.3, 0.4) is 0 Å². The first kappa shape index (κ1) is 18.2. The molecule has 3 aromatic carbocycles. The Morgan fingerprint density at radius 2 is 1.17 bits per heavy atom. The van der Waals surface area contributed by atoms with Crippen LogP contribution in [0, 0.1) is 17.8 Å². The van der Waals surface area contributed by atoms with Crippen LogP contribution in [0.15, 0.2) is 115 Å². The zero-order valence-corrected chi connectivity index (χ0v) is 17.0. The first-order valence-electron chi connectivity index (χ1n) is 10.8. The largest absolute Gasteiger partial charge is 0.0839 e. The summed E-state index contributed by atoms with van der Waals surface area (Å²) in [7, 11) is 0. The van der Waals surface area contributed by atoms with Crippen molar-refractivity contribution in [1.29, 1.82) is 0 Å². The molecular weight excluding hydrogens is 348 g/mol. The highest BCUT2D eigenvalue weighted by molar-refractivity contribution is 5.55. The van der Waals surface area contributed by atoms with E-state index in [-0.39, 0.29) is 5.41 Å². The molecule has 0 heterocycles. The summed E-state index contributed by atoms with van der Waals surface area (Å²) >= 11 is 0. The van der Waals surface area contributed by atoms with E-state index < -0.39 is 0 Å². The summed E-state index contributed by atoms with van der Waals surface area (Å²) in [6.45, 7) is 2.47. The molecule has 5 rings (SSSR count). The summed E-state index contributed by atoms with van der Waals surface area (Å²) in [5, 5.41) is 0. The minimum absolute atomic E-state index is 0.186. The van der Waals surface area contributed by atoms with Crippen LogP contribution in [0.1, 0.15) is 36.5 Å². The summed E-state index contributed by atoms with van der Waals surface area (Å²) in [6, 6.07) is 33.6. The zero-order valence-electron chi connectivity index (χ0n) is 17.0. The second-order valence-corrected chi connectivity index (χ2v) is 8.62. The molecule has 0 N–H and O–H groups in total. The lowest BCUT2D eigenvalue weighted by atomic mass is 9.58. The molecular formula is C29H28. The van der Waals surface area contributed by atoms with Gasteiger partial charge < -0.3 is 0 Å². The lowest BCUT2D eigenvalue weighted by molar-refractivity contribution is 0.342. The average Bonchev–Trinajstić information content (AvgIpc) is 3.13. The fourth-order valence-electron chi connectivity index (χ4n) is 6.02. The van der Waals surface area contributed by atoms with E-state index in [9.17, 15) is 0 Å². The smallest absolute Gasteiger partial charge is 0.0519 e. The van der Waals surface area contributed by atoms with Crippen molar-refractivity contribution in [1.82, 2.24) is 0 Å². The highest BCUT2D eigenvalue weighted by atomic mass is 14.5. The van der Waals surface area contributed by atoms with Gasteiger partial charge in [0.25, 0.3) is 0 Å². The van der Waals surface area contributed by atoms with Crippen molar-refractivity contribution in [3.05, 3.63) is 131 Å². The second kappa shape index (κ2) is 7.52.